The number of benzene rings is 1. The zero-order valence-corrected chi connectivity index (χ0v) is 16.4. The number of piperidine rings is 1. The van der Waals surface area contributed by atoms with Crippen LogP contribution in [0.5, 0.6) is 0 Å². The zero-order valence-electron chi connectivity index (χ0n) is 16.4. The van der Waals surface area contributed by atoms with Gasteiger partial charge in [0, 0.05) is 30.7 Å². The van der Waals surface area contributed by atoms with Crippen molar-refractivity contribution in [1.82, 2.24) is 9.80 Å². The Morgan fingerprint density at radius 2 is 1.92 bits per heavy atom. The molecule has 3 rings (SSSR count). The number of aliphatic hydroxyl groups is 1. The fraction of sp³-hybridized carbons (Fsp3) is 0.682. The molecule has 4 nitrogen and oxygen atoms in total. The molecule has 2 aliphatic heterocycles. The van der Waals surface area contributed by atoms with Crippen LogP contribution in [0, 0.1) is 5.92 Å². The Labute approximate surface area is 158 Å². The van der Waals surface area contributed by atoms with E-state index in [1.807, 2.05) is 17.0 Å². The first-order chi connectivity index (χ1) is 12.5. The van der Waals surface area contributed by atoms with E-state index >= 15 is 0 Å². The minimum atomic E-state index is -0.0962. The fourth-order valence-electron chi connectivity index (χ4n) is 4.78. The number of carbonyl (C=O) groups is 1. The van der Waals surface area contributed by atoms with Crippen LogP contribution in [0.2, 0.25) is 0 Å². The molecule has 1 aromatic rings. The van der Waals surface area contributed by atoms with Crippen molar-refractivity contribution < 1.29 is 9.90 Å². The van der Waals surface area contributed by atoms with Crippen molar-refractivity contribution in [2.75, 3.05) is 26.2 Å². The molecule has 2 saturated heterocycles. The molecule has 1 atom stereocenters. The van der Waals surface area contributed by atoms with Crippen molar-refractivity contribution in [3.63, 3.8) is 0 Å². The SMILES string of the molecule is CC(C)C[C@]1(CO)CCCN1Cc1cccc(C(=O)N2CCCCC2)c1. The molecule has 0 aromatic heterocycles. The summed E-state index contributed by atoms with van der Waals surface area (Å²) in [7, 11) is 0. The molecule has 0 aliphatic carbocycles. The highest BCUT2D eigenvalue weighted by atomic mass is 16.3. The van der Waals surface area contributed by atoms with Crippen LogP contribution in [-0.4, -0.2) is 52.6 Å². The maximum absolute atomic E-state index is 12.8. The second-order valence-corrected chi connectivity index (χ2v) is 8.56. The van der Waals surface area contributed by atoms with E-state index in [2.05, 4.69) is 30.9 Å². The highest BCUT2D eigenvalue weighted by Gasteiger charge is 2.40. The van der Waals surface area contributed by atoms with Gasteiger partial charge in [0.2, 0.25) is 0 Å². The van der Waals surface area contributed by atoms with Crippen LogP contribution in [0.1, 0.15) is 68.3 Å². The third-order valence-corrected chi connectivity index (χ3v) is 6.01. The van der Waals surface area contributed by atoms with Crippen molar-refractivity contribution in [3.05, 3.63) is 35.4 Å². The molecule has 0 unspecified atom stereocenters. The van der Waals surface area contributed by atoms with Crippen molar-refractivity contribution in [2.24, 2.45) is 5.92 Å². The molecule has 0 spiro atoms. The predicted octanol–water partition coefficient (Wildman–Crippen LogP) is 3.69. The molecular formula is C22H34N2O2. The van der Waals surface area contributed by atoms with E-state index < -0.39 is 0 Å². The van der Waals surface area contributed by atoms with Crippen LogP contribution in [0.25, 0.3) is 0 Å². The number of aliphatic hydroxyl groups excluding tert-OH is 1. The molecule has 1 N–H and O–H groups in total. The van der Waals surface area contributed by atoms with Crippen molar-refractivity contribution in [1.29, 1.82) is 0 Å². The molecule has 4 heteroatoms. The van der Waals surface area contributed by atoms with Gasteiger partial charge in [0.25, 0.3) is 5.91 Å². The second-order valence-electron chi connectivity index (χ2n) is 8.56. The van der Waals surface area contributed by atoms with Crippen molar-refractivity contribution in [3.8, 4) is 0 Å². The Morgan fingerprint density at radius 3 is 2.62 bits per heavy atom. The van der Waals surface area contributed by atoms with E-state index in [9.17, 15) is 9.90 Å². The van der Waals surface area contributed by atoms with Crippen LogP contribution in [-0.2, 0) is 6.54 Å². The molecule has 0 bridgehead atoms. The average Bonchev–Trinajstić information content (AvgIpc) is 3.04. The molecule has 2 fully saturated rings. The lowest BCUT2D eigenvalue weighted by atomic mass is 9.87. The summed E-state index contributed by atoms with van der Waals surface area (Å²) in [4.78, 5) is 17.2. The van der Waals surface area contributed by atoms with E-state index in [4.69, 9.17) is 0 Å². The standard InChI is InChI=1S/C22H34N2O2/c1-18(2)15-22(17-25)10-7-13-24(22)16-19-8-6-9-20(14-19)21(26)23-11-4-3-5-12-23/h6,8-9,14,18,25H,3-5,7,10-13,15-17H2,1-2H3/t22-/m0/s1. The van der Waals surface area contributed by atoms with E-state index in [0.29, 0.717) is 5.92 Å². The number of hydrogen-bond donors (Lipinski definition) is 1. The lowest BCUT2D eigenvalue weighted by molar-refractivity contribution is 0.0409. The Hall–Kier alpha value is -1.39. The molecule has 0 saturated carbocycles. The lowest BCUT2D eigenvalue weighted by Gasteiger charge is -2.38. The van der Waals surface area contributed by atoms with E-state index in [0.717, 1.165) is 63.8 Å². The number of rotatable bonds is 6. The molecule has 0 radical (unpaired) electrons. The van der Waals surface area contributed by atoms with Crippen LogP contribution in [0.4, 0.5) is 0 Å². The smallest absolute Gasteiger partial charge is 0.253 e. The second kappa shape index (κ2) is 8.53. The van der Waals surface area contributed by atoms with Gasteiger partial charge in [-0.2, -0.15) is 0 Å². The van der Waals surface area contributed by atoms with Gasteiger partial charge in [0.15, 0.2) is 0 Å². The summed E-state index contributed by atoms with van der Waals surface area (Å²) in [6.07, 6.45) is 6.70. The number of nitrogens with zero attached hydrogens (tertiary/aromatic N) is 2. The molecule has 1 aromatic carbocycles. The van der Waals surface area contributed by atoms with Gasteiger partial charge in [-0.15, -0.1) is 0 Å². The van der Waals surface area contributed by atoms with E-state index in [1.54, 1.807) is 0 Å². The van der Waals surface area contributed by atoms with Gasteiger partial charge >= 0.3 is 0 Å². The van der Waals surface area contributed by atoms with Crippen molar-refractivity contribution in [2.45, 2.75) is 64.5 Å². The minimum absolute atomic E-state index is 0.0962. The molecule has 2 heterocycles. The van der Waals surface area contributed by atoms with Gasteiger partial charge in [0.05, 0.1) is 6.61 Å². The summed E-state index contributed by atoms with van der Waals surface area (Å²) in [6, 6.07) is 8.12. The average molecular weight is 359 g/mol. The first-order valence-electron chi connectivity index (χ1n) is 10.3. The molecular weight excluding hydrogens is 324 g/mol. The van der Waals surface area contributed by atoms with Gasteiger partial charge in [-0.1, -0.05) is 26.0 Å². The molecule has 26 heavy (non-hydrogen) atoms. The summed E-state index contributed by atoms with van der Waals surface area (Å²) >= 11 is 0. The third kappa shape index (κ3) is 4.29. The number of likely N-dealkylation sites (tertiary alicyclic amines) is 2. The highest BCUT2D eigenvalue weighted by Crippen LogP contribution is 2.36. The number of hydrogen-bond acceptors (Lipinski definition) is 3. The summed E-state index contributed by atoms with van der Waals surface area (Å²) < 4.78 is 0. The van der Waals surface area contributed by atoms with E-state index in [-0.39, 0.29) is 18.1 Å². The predicted molar refractivity (Wildman–Crippen MR) is 105 cm³/mol. The van der Waals surface area contributed by atoms with Crippen LogP contribution in [0.3, 0.4) is 0 Å². The highest BCUT2D eigenvalue weighted by molar-refractivity contribution is 5.94. The minimum Gasteiger partial charge on any atom is -0.394 e. The monoisotopic (exact) mass is 358 g/mol. The Kier molecular flexibility index (Phi) is 6.36. The molecule has 1 amide bonds. The van der Waals surface area contributed by atoms with Gasteiger partial charge in [0.1, 0.15) is 0 Å². The quantitative estimate of drug-likeness (QED) is 0.843. The summed E-state index contributed by atoms with van der Waals surface area (Å²) in [6.45, 7) is 8.29. The van der Waals surface area contributed by atoms with Crippen LogP contribution < -0.4 is 0 Å². The van der Waals surface area contributed by atoms with Gasteiger partial charge in [-0.05, 0) is 68.7 Å². The Balaban J connectivity index is 1.72. The lowest BCUT2D eigenvalue weighted by Crippen LogP contribution is -2.47. The molecule has 2 aliphatic rings. The van der Waals surface area contributed by atoms with Gasteiger partial charge in [-0.25, -0.2) is 0 Å². The Bertz CT molecular complexity index is 610. The van der Waals surface area contributed by atoms with Crippen LogP contribution >= 0.6 is 0 Å². The van der Waals surface area contributed by atoms with Crippen molar-refractivity contribution >= 4 is 5.91 Å². The third-order valence-electron chi connectivity index (χ3n) is 6.01. The first kappa shape index (κ1) is 19.4. The Morgan fingerprint density at radius 1 is 1.15 bits per heavy atom. The topological polar surface area (TPSA) is 43.8 Å². The maximum atomic E-state index is 12.8. The first-order valence-corrected chi connectivity index (χ1v) is 10.3. The number of carbonyl (C=O) groups excluding carboxylic acids is 1. The van der Waals surface area contributed by atoms with Gasteiger partial charge < -0.3 is 10.0 Å². The molecule has 144 valence electrons. The number of amides is 1. The normalized spacial score (nSPS) is 24.4. The van der Waals surface area contributed by atoms with Crippen LogP contribution in [0.15, 0.2) is 24.3 Å². The summed E-state index contributed by atoms with van der Waals surface area (Å²) in [5.41, 5.74) is 1.89. The maximum Gasteiger partial charge on any atom is 0.253 e. The summed E-state index contributed by atoms with van der Waals surface area (Å²) in [5.74, 6) is 0.735. The largest absolute Gasteiger partial charge is 0.394 e. The summed E-state index contributed by atoms with van der Waals surface area (Å²) in [5, 5.41) is 10.1. The zero-order chi connectivity index (χ0) is 18.6. The van der Waals surface area contributed by atoms with E-state index in [1.165, 1.54) is 12.0 Å². The fourth-order valence-corrected chi connectivity index (χ4v) is 4.78. The van der Waals surface area contributed by atoms with Gasteiger partial charge in [-0.3, -0.25) is 9.69 Å².